The van der Waals surface area contributed by atoms with Gasteiger partial charge in [0.05, 0.1) is 29.7 Å². The Labute approximate surface area is 222 Å². The first kappa shape index (κ1) is 26.7. The van der Waals surface area contributed by atoms with Crippen LogP contribution in [0.1, 0.15) is 58.4 Å². The Hall–Kier alpha value is -3.36. The number of anilines is 2. The van der Waals surface area contributed by atoms with Crippen molar-refractivity contribution < 1.29 is 18.0 Å². The van der Waals surface area contributed by atoms with Gasteiger partial charge >= 0.3 is 0 Å². The Morgan fingerprint density at radius 3 is 2.22 bits per heavy atom. The van der Waals surface area contributed by atoms with Gasteiger partial charge in [0.1, 0.15) is 0 Å². The number of carbonyl (C=O) groups is 2. The van der Waals surface area contributed by atoms with Crippen LogP contribution in [-0.4, -0.2) is 32.5 Å². The second kappa shape index (κ2) is 11.8. The maximum absolute atomic E-state index is 13.0. The van der Waals surface area contributed by atoms with Gasteiger partial charge in [0.2, 0.25) is 10.0 Å². The van der Waals surface area contributed by atoms with Gasteiger partial charge in [-0.25, -0.2) is 8.42 Å². The number of sulfonamides is 1. The summed E-state index contributed by atoms with van der Waals surface area (Å²) < 4.78 is 26.3. The lowest BCUT2D eigenvalue weighted by atomic mass is 9.95. The molecule has 0 aromatic heterocycles. The van der Waals surface area contributed by atoms with Crippen molar-refractivity contribution >= 4 is 44.8 Å². The molecule has 37 heavy (non-hydrogen) atoms. The molecule has 0 heterocycles. The number of nitrogens with zero attached hydrogens (tertiary/aromatic N) is 1. The molecule has 0 bridgehead atoms. The molecular formula is C28H30ClN3O4S. The zero-order chi connectivity index (χ0) is 26.4. The van der Waals surface area contributed by atoms with Crippen molar-refractivity contribution in [3.63, 3.8) is 0 Å². The molecule has 7 nitrogen and oxygen atoms in total. The molecule has 0 spiro atoms. The Morgan fingerprint density at radius 1 is 0.892 bits per heavy atom. The quantitative estimate of drug-likeness (QED) is 0.388. The summed E-state index contributed by atoms with van der Waals surface area (Å²) in [6.45, 7) is 0.0630. The fraction of sp³-hybridized carbons (Fsp3) is 0.286. The van der Waals surface area contributed by atoms with Crippen LogP contribution in [0.15, 0.2) is 72.8 Å². The molecule has 0 saturated heterocycles. The van der Waals surface area contributed by atoms with E-state index in [4.69, 9.17) is 11.6 Å². The Balaban J connectivity index is 1.49. The highest BCUT2D eigenvalue weighted by atomic mass is 35.5. The third-order valence-corrected chi connectivity index (χ3v) is 7.96. The van der Waals surface area contributed by atoms with Crippen LogP contribution in [0.5, 0.6) is 0 Å². The van der Waals surface area contributed by atoms with Gasteiger partial charge < -0.3 is 10.6 Å². The molecule has 1 fully saturated rings. The Kier molecular flexibility index (Phi) is 8.51. The highest BCUT2D eigenvalue weighted by Crippen LogP contribution is 2.25. The second-order valence-corrected chi connectivity index (χ2v) is 11.5. The predicted octanol–water partition coefficient (Wildman–Crippen LogP) is 5.62. The van der Waals surface area contributed by atoms with Crippen molar-refractivity contribution in [2.45, 2.75) is 44.7 Å². The lowest BCUT2D eigenvalue weighted by molar-refractivity contribution is 0.0928. The van der Waals surface area contributed by atoms with E-state index in [1.807, 2.05) is 0 Å². The van der Waals surface area contributed by atoms with Gasteiger partial charge in [-0.05, 0) is 60.9 Å². The van der Waals surface area contributed by atoms with Crippen LogP contribution in [0.25, 0.3) is 0 Å². The van der Waals surface area contributed by atoms with Crippen LogP contribution in [0.4, 0.5) is 11.4 Å². The van der Waals surface area contributed by atoms with E-state index in [9.17, 15) is 18.0 Å². The molecule has 2 N–H and O–H groups in total. The first-order chi connectivity index (χ1) is 17.7. The maximum Gasteiger partial charge on any atom is 0.255 e. The minimum atomic E-state index is -3.61. The van der Waals surface area contributed by atoms with Gasteiger partial charge in [0.15, 0.2) is 0 Å². The van der Waals surface area contributed by atoms with Gasteiger partial charge in [-0.3, -0.25) is 13.9 Å². The minimum Gasteiger partial charge on any atom is -0.349 e. The van der Waals surface area contributed by atoms with E-state index < -0.39 is 15.9 Å². The molecule has 0 atom stereocenters. The molecule has 3 aromatic carbocycles. The summed E-state index contributed by atoms with van der Waals surface area (Å²) in [5.41, 5.74) is 2.23. The summed E-state index contributed by atoms with van der Waals surface area (Å²) in [7, 11) is -3.61. The molecule has 1 aliphatic carbocycles. The van der Waals surface area contributed by atoms with E-state index >= 15 is 0 Å². The highest BCUT2D eigenvalue weighted by Gasteiger charge is 2.21. The largest absolute Gasteiger partial charge is 0.349 e. The first-order valence-corrected chi connectivity index (χ1v) is 14.5. The van der Waals surface area contributed by atoms with Gasteiger partial charge in [0, 0.05) is 16.6 Å². The Bertz CT molecular complexity index is 1370. The van der Waals surface area contributed by atoms with Crippen LogP contribution in [0.2, 0.25) is 5.02 Å². The number of nitrogens with one attached hydrogen (secondary N) is 2. The van der Waals surface area contributed by atoms with E-state index in [1.165, 1.54) is 10.7 Å². The summed E-state index contributed by atoms with van der Waals surface area (Å²) >= 11 is 6.24. The van der Waals surface area contributed by atoms with E-state index in [2.05, 4.69) is 10.6 Å². The number of rotatable bonds is 8. The Morgan fingerprint density at radius 2 is 1.54 bits per heavy atom. The first-order valence-electron chi connectivity index (χ1n) is 12.2. The summed E-state index contributed by atoms with van der Waals surface area (Å²) in [5.74, 6) is -0.608. The van der Waals surface area contributed by atoms with Crippen molar-refractivity contribution in [3.8, 4) is 0 Å². The third-order valence-electron chi connectivity index (χ3n) is 6.45. The van der Waals surface area contributed by atoms with Gasteiger partial charge in [-0.1, -0.05) is 61.2 Å². The normalized spacial score (nSPS) is 14.1. The topological polar surface area (TPSA) is 95.6 Å². The van der Waals surface area contributed by atoms with E-state index in [-0.39, 0.29) is 18.5 Å². The number of halogens is 1. The molecule has 0 unspecified atom stereocenters. The lowest BCUT2D eigenvalue weighted by Crippen LogP contribution is -2.36. The smallest absolute Gasteiger partial charge is 0.255 e. The van der Waals surface area contributed by atoms with Gasteiger partial charge in [0.25, 0.3) is 11.8 Å². The zero-order valence-electron chi connectivity index (χ0n) is 20.6. The number of carbonyl (C=O) groups excluding carboxylic acids is 2. The molecule has 2 amide bonds. The molecule has 9 heteroatoms. The summed E-state index contributed by atoms with van der Waals surface area (Å²) in [6, 6.07) is 20.4. The molecule has 1 saturated carbocycles. The molecule has 0 aliphatic heterocycles. The van der Waals surface area contributed by atoms with E-state index in [0.29, 0.717) is 33.1 Å². The summed E-state index contributed by atoms with van der Waals surface area (Å²) in [4.78, 5) is 25.9. The number of hydrogen-bond acceptors (Lipinski definition) is 4. The molecule has 0 radical (unpaired) electrons. The van der Waals surface area contributed by atoms with E-state index in [1.54, 1.807) is 72.8 Å². The molecule has 4 rings (SSSR count). The second-order valence-electron chi connectivity index (χ2n) is 9.22. The minimum absolute atomic E-state index is 0.0630. The number of para-hydroxylation sites is 1. The monoisotopic (exact) mass is 539 g/mol. The number of hydrogen-bond donors (Lipinski definition) is 2. The van der Waals surface area contributed by atoms with Crippen LogP contribution >= 0.6 is 11.6 Å². The lowest BCUT2D eigenvalue weighted by Gasteiger charge is -2.23. The molecule has 3 aromatic rings. The standard InChI is InChI=1S/C28H30ClN3O4S/c1-37(35,36)32(19-21-9-5-7-13-25(21)29)23-17-15-20(16-18-23)27(33)31-26-14-8-6-12-24(26)28(34)30-22-10-3-2-4-11-22/h5-9,12-18,22H,2-4,10-11,19H2,1H3,(H,30,34)(H,31,33). The fourth-order valence-corrected chi connectivity index (χ4v) is 5.53. The van der Waals surface area contributed by atoms with Crippen LogP contribution in [0.3, 0.4) is 0 Å². The van der Waals surface area contributed by atoms with Crippen LogP contribution in [0, 0.1) is 0 Å². The molecule has 194 valence electrons. The third kappa shape index (κ3) is 6.90. The van der Waals surface area contributed by atoms with Crippen LogP contribution in [-0.2, 0) is 16.6 Å². The fourth-order valence-electron chi connectivity index (χ4n) is 4.46. The highest BCUT2D eigenvalue weighted by molar-refractivity contribution is 7.92. The van der Waals surface area contributed by atoms with Crippen molar-refractivity contribution in [3.05, 3.63) is 94.5 Å². The van der Waals surface area contributed by atoms with Crippen molar-refractivity contribution in [1.29, 1.82) is 0 Å². The maximum atomic E-state index is 13.0. The summed E-state index contributed by atoms with van der Waals surface area (Å²) in [5, 5.41) is 6.38. The number of benzene rings is 3. The van der Waals surface area contributed by atoms with E-state index in [0.717, 1.165) is 31.9 Å². The van der Waals surface area contributed by atoms with Gasteiger partial charge in [-0.15, -0.1) is 0 Å². The van der Waals surface area contributed by atoms with Crippen LogP contribution < -0.4 is 14.9 Å². The van der Waals surface area contributed by atoms with Crippen molar-refractivity contribution in [2.24, 2.45) is 0 Å². The van der Waals surface area contributed by atoms with Gasteiger partial charge in [-0.2, -0.15) is 0 Å². The van der Waals surface area contributed by atoms with Crippen molar-refractivity contribution in [1.82, 2.24) is 5.32 Å². The number of amides is 2. The molecular weight excluding hydrogens is 510 g/mol. The predicted molar refractivity (Wildman–Crippen MR) is 148 cm³/mol. The zero-order valence-corrected chi connectivity index (χ0v) is 22.2. The average molecular weight is 540 g/mol. The average Bonchev–Trinajstić information content (AvgIpc) is 2.88. The summed E-state index contributed by atoms with van der Waals surface area (Å²) in [6.07, 6.45) is 6.46. The van der Waals surface area contributed by atoms with Crippen molar-refractivity contribution in [2.75, 3.05) is 15.9 Å². The molecule has 1 aliphatic rings. The SMILES string of the molecule is CS(=O)(=O)N(Cc1ccccc1Cl)c1ccc(C(=O)Nc2ccccc2C(=O)NC2CCCCC2)cc1.